The van der Waals surface area contributed by atoms with Gasteiger partial charge in [0.2, 0.25) is 0 Å². The average Bonchev–Trinajstić information content (AvgIpc) is 2.44. The third-order valence-corrected chi connectivity index (χ3v) is 3.92. The number of carbonyl (C=O) groups excluding carboxylic acids is 1. The van der Waals surface area contributed by atoms with E-state index in [-0.39, 0.29) is 5.97 Å². The number of thioether (sulfide) groups is 1. The van der Waals surface area contributed by atoms with Gasteiger partial charge in [-0.2, -0.15) is 0 Å². The largest absolute Gasteiger partial charge is 0.496 e. The summed E-state index contributed by atoms with van der Waals surface area (Å²) in [7, 11) is 1.65. The molecule has 0 aliphatic heterocycles. The molecule has 2 N–H and O–H groups in total. The van der Waals surface area contributed by atoms with E-state index >= 15 is 0 Å². The van der Waals surface area contributed by atoms with Crippen molar-refractivity contribution in [2.45, 2.75) is 37.5 Å². The Bertz CT molecular complexity index is 424. The van der Waals surface area contributed by atoms with Crippen LogP contribution in [-0.4, -0.2) is 25.4 Å². The fourth-order valence-corrected chi connectivity index (χ4v) is 2.78. The zero-order valence-corrected chi connectivity index (χ0v) is 13.0. The summed E-state index contributed by atoms with van der Waals surface area (Å²) in [4.78, 5) is 12.3. The van der Waals surface area contributed by atoms with Gasteiger partial charge in [0.15, 0.2) is 0 Å². The number of nitrogens with two attached hydrogens (primary N) is 1. The molecule has 0 aromatic heterocycles. The van der Waals surface area contributed by atoms with Gasteiger partial charge in [-0.15, -0.1) is 11.8 Å². The van der Waals surface area contributed by atoms with Gasteiger partial charge in [-0.1, -0.05) is 6.42 Å². The van der Waals surface area contributed by atoms with Crippen LogP contribution in [0.4, 0.5) is 5.69 Å². The molecule has 0 aliphatic carbocycles. The highest BCUT2D eigenvalue weighted by Gasteiger charge is 2.04. The van der Waals surface area contributed by atoms with Gasteiger partial charge in [0.25, 0.3) is 0 Å². The summed E-state index contributed by atoms with van der Waals surface area (Å²) in [6.45, 7) is 2.29. The first-order chi connectivity index (χ1) is 9.67. The molecule has 4 nitrogen and oxygen atoms in total. The molecule has 0 fully saturated rings. The number of hydrogen-bond donors (Lipinski definition) is 1. The van der Waals surface area contributed by atoms with Crippen LogP contribution in [0.3, 0.4) is 0 Å². The fourth-order valence-electron chi connectivity index (χ4n) is 1.77. The number of hydrogen-bond acceptors (Lipinski definition) is 5. The number of carbonyl (C=O) groups is 1. The molecule has 0 amide bonds. The second-order valence-electron chi connectivity index (χ2n) is 4.37. The Morgan fingerprint density at radius 1 is 1.30 bits per heavy atom. The Hall–Kier alpha value is -1.36. The van der Waals surface area contributed by atoms with E-state index in [0.29, 0.717) is 18.7 Å². The summed E-state index contributed by atoms with van der Waals surface area (Å²) in [5, 5.41) is 0. The Labute approximate surface area is 125 Å². The van der Waals surface area contributed by atoms with E-state index in [1.165, 1.54) is 0 Å². The summed E-state index contributed by atoms with van der Waals surface area (Å²) < 4.78 is 10.2. The standard InChI is InChI=1S/C15H23NO3S/c1-3-19-15(17)7-5-4-6-10-20-14-9-8-12(16)11-13(14)18-2/h8-9,11H,3-7,10,16H2,1-2H3. The summed E-state index contributed by atoms with van der Waals surface area (Å²) >= 11 is 1.75. The SMILES string of the molecule is CCOC(=O)CCCCCSc1ccc(N)cc1OC. The minimum atomic E-state index is -0.0969. The first-order valence-corrected chi connectivity index (χ1v) is 7.88. The fraction of sp³-hybridized carbons (Fsp3) is 0.533. The van der Waals surface area contributed by atoms with Gasteiger partial charge >= 0.3 is 5.97 Å². The van der Waals surface area contributed by atoms with Gasteiger partial charge in [-0.25, -0.2) is 0 Å². The molecule has 0 radical (unpaired) electrons. The third kappa shape index (κ3) is 6.19. The number of unbranched alkanes of at least 4 members (excludes halogenated alkanes) is 2. The van der Waals surface area contributed by atoms with Crippen molar-refractivity contribution in [3.8, 4) is 5.75 Å². The lowest BCUT2D eigenvalue weighted by Gasteiger charge is -2.08. The monoisotopic (exact) mass is 297 g/mol. The Morgan fingerprint density at radius 2 is 2.10 bits per heavy atom. The molecule has 1 aromatic rings. The van der Waals surface area contributed by atoms with Crippen LogP contribution in [0.15, 0.2) is 23.1 Å². The smallest absolute Gasteiger partial charge is 0.305 e. The molecule has 112 valence electrons. The molecule has 0 unspecified atom stereocenters. The highest BCUT2D eigenvalue weighted by molar-refractivity contribution is 7.99. The molecular formula is C15H23NO3S. The second kappa shape index (κ2) is 9.53. The van der Waals surface area contributed by atoms with Crippen LogP contribution in [0, 0.1) is 0 Å². The van der Waals surface area contributed by atoms with Gasteiger partial charge in [-0.05, 0) is 37.7 Å². The van der Waals surface area contributed by atoms with E-state index < -0.39 is 0 Å². The van der Waals surface area contributed by atoms with E-state index in [2.05, 4.69) is 0 Å². The molecule has 0 atom stereocenters. The lowest BCUT2D eigenvalue weighted by Crippen LogP contribution is -2.03. The van der Waals surface area contributed by atoms with Crippen molar-refractivity contribution in [3.05, 3.63) is 18.2 Å². The maximum atomic E-state index is 11.2. The van der Waals surface area contributed by atoms with Gasteiger partial charge in [0.1, 0.15) is 5.75 Å². The van der Waals surface area contributed by atoms with Gasteiger partial charge < -0.3 is 15.2 Å². The Kier molecular flexibility index (Phi) is 7.95. The number of anilines is 1. The number of rotatable bonds is 9. The van der Waals surface area contributed by atoms with Crippen molar-refractivity contribution < 1.29 is 14.3 Å². The molecule has 20 heavy (non-hydrogen) atoms. The molecule has 5 heteroatoms. The quantitative estimate of drug-likeness (QED) is 0.327. The van der Waals surface area contributed by atoms with Crippen molar-refractivity contribution >= 4 is 23.4 Å². The van der Waals surface area contributed by atoms with Gasteiger partial charge in [0, 0.05) is 23.1 Å². The van der Waals surface area contributed by atoms with Crippen LogP contribution < -0.4 is 10.5 Å². The maximum Gasteiger partial charge on any atom is 0.305 e. The van der Waals surface area contributed by atoms with Crippen LogP contribution >= 0.6 is 11.8 Å². The minimum absolute atomic E-state index is 0.0969. The van der Waals surface area contributed by atoms with E-state index in [1.54, 1.807) is 18.9 Å². The maximum absolute atomic E-state index is 11.2. The van der Waals surface area contributed by atoms with Crippen molar-refractivity contribution in [2.75, 3.05) is 25.2 Å². The highest BCUT2D eigenvalue weighted by Crippen LogP contribution is 2.31. The number of methoxy groups -OCH3 is 1. The zero-order valence-electron chi connectivity index (χ0n) is 12.2. The summed E-state index contributed by atoms with van der Waals surface area (Å²) in [6.07, 6.45) is 3.50. The average molecular weight is 297 g/mol. The highest BCUT2D eigenvalue weighted by atomic mass is 32.2. The van der Waals surface area contributed by atoms with Crippen molar-refractivity contribution in [1.29, 1.82) is 0 Å². The second-order valence-corrected chi connectivity index (χ2v) is 5.51. The first-order valence-electron chi connectivity index (χ1n) is 6.89. The predicted molar refractivity (Wildman–Crippen MR) is 83.2 cm³/mol. The molecule has 0 aliphatic rings. The van der Waals surface area contributed by atoms with Crippen LogP contribution in [-0.2, 0) is 9.53 Å². The third-order valence-electron chi connectivity index (χ3n) is 2.78. The van der Waals surface area contributed by atoms with Crippen molar-refractivity contribution in [2.24, 2.45) is 0 Å². The number of benzene rings is 1. The molecule has 0 bridgehead atoms. The molecule has 1 rings (SSSR count). The number of ether oxygens (including phenoxy) is 2. The Morgan fingerprint density at radius 3 is 2.80 bits per heavy atom. The summed E-state index contributed by atoms with van der Waals surface area (Å²) in [5.74, 6) is 1.73. The lowest BCUT2D eigenvalue weighted by atomic mass is 10.2. The predicted octanol–water partition coefficient (Wildman–Crippen LogP) is 3.49. The molecule has 0 spiro atoms. The first kappa shape index (κ1) is 16.7. The normalized spacial score (nSPS) is 10.3. The minimum Gasteiger partial charge on any atom is -0.496 e. The summed E-state index contributed by atoms with van der Waals surface area (Å²) in [6, 6.07) is 5.70. The lowest BCUT2D eigenvalue weighted by molar-refractivity contribution is -0.143. The molecule has 0 saturated heterocycles. The van der Waals surface area contributed by atoms with E-state index in [9.17, 15) is 4.79 Å². The molecule has 1 aromatic carbocycles. The topological polar surface area (TPSA) is 61.5 Å². The van der Waals surface area contributed by atoms with Crippen LogP contribution in [0.25, 0.3) is 0 Å². The number of esters is 1. The zero-order chi connectivity index (χ0) is 14.8. The van der Waals surface area contributed by atoms with E-state index in [1.807, 2.05) is 25.1 Å². The van der Waals surface area contributed by atoms with Crippen molar-refractivity contribution in [1.82, 2.24) is 0 Å². The van der Waals surface area contributed by atoms with Gasteiger partial charge in [0.05, 0.1) is 13.7 Å². The Balaban J connectivity index is 2.20. The number of nitrogen functional groups attached to an aromatic ring is 1. The summed E-state index contributed by atoms with van der Waals surface area (Å²) in [5.41, 5.74) is 6.43. The van der Waals surface area contributed by atoms with Gasteiger partial charge in [-0.3, -0.25) is 4.79 Å². The molecule has 0 heterocycles. The molecule has 0 saturated carbocycles. The van der Waals surface area contributed by atoms with Crippen LogP contribution in [0.1, 0.15) is 32.6 Å². The molecular weight excluding hydrogens is 274 g/mol. The van der Waals surface area contributed by atoms with Crippen LogP contribution in [0.2, 0.25) is 0 Å². The van der Waals surface area contributed by atoms with Crippen LogP contribution in [0.5, 0.6) is 5.75 Å². The van der Waals surface area contributed by atoms with E-state index in [0.717, 1.165) is 35.7 Å². The van der Waals surface area contributed by atoms with Crippen molar-refractivity contribution in [3.63, 3.8) is 0 Å². The van der Waals surface area contributed by atoms with E-state index in [4.69, 9.17) is 15.2 Å².